The standard InChI is InChI=1S/C16H19N3O5S/c1-10-2-3-12(14(20)8-10)17-16(22)13-4-5-15(21)19(18-13)11-6-7-25(23,24)9-11/h2-3,8,11,20H,4-7,9H2,1H3,(H,17,22). The largest absolute Gasteiger partial charge is 0.506 e. The number of aryl methyl sites for hydroxylation is 1. The van der Waals surface area contributed by atoms with Crippen LogP contribution in [0, 0.1) is 6.92 Å². The predicted octanol–water partition coefficient (Wildman–Crippen LogP) is 0.805. The Bertz CT molecular complexity index is 863. The summed E-state index contributed by atoms with van der Waals surface area (Å²) in [7, 11) is -3.16. The minimum absolute atomic E-state index is 0.0235. The molecule has 1 aromatic carbocycles. The molecule has 2 N–H and O–H groups in total. The van der Waals surface area contributed by atoms with Crippen molar-refractivity contribution in [3.05, 3.63) is 23.8 Å². The summed E-state index contributed by atoms with van der Waals surface area (Å²) in [5, 5.41) is 17.7. The third-order valence-corrected chi connectivity index (χ3v) is 6.03. The third kappa shape index (κ3) is 3.81. The number of amides is 2. The van der Waals surface area contributed by atoms with E-state index in [-0.39, 0.29) is 47.4 Å². The van der Waals surface area contributed by atoms with Crippen molar-refractivity contribution in [3.63, 3.8) is 0 Å². The summed E-state index contributed by atoms with van der Waals surface area (Å²) in [6.07, 6.45) is 0.598. The quantitative estimate of drug-likeness (QED) is 0.769. The van der Waals surface area contributed by atoms with E-state index in [0.717, 1.165) is 10.6 Å². The zero-order chi connectivity index (χ0) is 18.2. The first kappa shape index (κ1) is 17.4. The summed E-state index contributed by atoms with van der Waals surface area (Å²) in [5.74, 6) is -0.958. The SMILES string of the molecule is Cc1ccc(NC(=O)C2=NN(C3CCS(=O)(=O)C3)C(=O)CC2)c(O)c1. The van der Waals surface area contributed by atoms with Crippen molar-refractivity contribution in [2.45, 2.75) is 32.2 Å². The molecule has 0 saturated carbocycles. The molecule has 1 aromatic rings. The first-order valence-electron chi connectivity index (χ1n) is 7.96. The maximum atomic E-state index is 12.4. The van der Waals surface area contributed by atoms with E-state index in [4.69, 9.17) is 0 Å². The van der Waals surface area contributed by atoms with Crippen molar-refractivity contribution in [2.24, 2.45) is 5.10 Å². The second-order valence-corrected chi connectivity index (χ2v) is 8.55. The minimum atomic E-state index is -3.16. The number of nitrogens with zero attached hydrogens (tertiary/aromatic N) is 2. The number of carbonyl (C=O) groups excluding carboxylic acids is 2. The average molecular weight is 365 g/mol. The lowest BCUT2D eigenvalue weighted by molar-refractivity contribution is -0.133. The number of phenolic OH excluding ortho intramolecular Hbond substituents is 1. The lowest BCUT2D eigenvalue weighted by Crippen LogP contribution is -2.42. The topological polar surface area (TPSA) is 116 Å². The van der Waals surface area contributed by atoms with Crippen molar-refractivity contribution in [1.82, 2.24) is 5.01 Å². The molecule has 0 aromatic heterocycles. The molecule has 2 aliphatic heterocycles. The van der Waals surface area contributed by atoms with Crippen LogP contribution in [0.4, 0.5) is 5.69 Å². The lowest BCUT2D eigenvalue weighted by Gasteiger charge is -2.27. The summed E-state index contributed by atoms with van der Waals surface area (Å²) in [4.78, 5) is 24.5. The zero-order valence-corrected chi connectivity index (χ0v) is 14.5. The number of nitrogens with one attached hydrogen (secondary N) is 1. The van der Waals surface area contributed by atoms with Crippen molar-refractivity contribution < 1.29 is 23.1 Å². The van der Waals surface area contributed by atoms with E-state index in [1.807, 2.05) is 6.92 Å². The predicted molar refractivity (Wildman–Crippen MR) is 92.0 cm³/mol. The summed E-state index contributed by atoms with van der Waals surface area (Å²) in [6, 6.07) is 4.33. The molecule has 25 heavy (non-hydrogen) atoms. The van der Waals surface area contributed by atoms with E-state index in [1.54, 1.807) is 12.1 Å². The summed E-state index contributed by atoms with van der Waals surface area (Å²) < 4.78 is 23.2. The van der Waals surface area contributed by atoms with Crippen LogP contribution < -0.4 is 5.32 Å². The molecular formula is C16H19N3O5S. The molecule has 1 saturated heterocycles. The highest BCUT2D eigenvalue weighted by Crippen LogP contribution is 2.25. The number of hydrogen-bond donors (Lipinski definition) is 2. The zero-order valence-electron chi connectivity index (χ0n) is 13.7. The first-order chi connectivity index (χ1) is 11.7. The van der Waals surface area contributed by atoms with Crippen LogP contribution >= 0.6 is 0 Å². The molecule has 1 atom stereocenters. The van der Waals surface area contributed by atoms with Crippen LogP contribution in [0.3, 0.4) is 0 Å². The van der Waals surface area contributed by atoms with Gasteiger partial charge in [0.1, 0.15) is 11.5 Å². The van der Waals surface area contributed by atoms with Gasteiger partial charge in [0.05, 0.1) is 23.2 Å². The van der Waals surface area contributed by atoms with Crippen LogP contribution in [0.5, 0.6) is 5.75 Å². The van der Waals surface area contributed by atoms with Gasteiger partial charge < -0.3 is 10.4 Å². The van der Waals surface area contributed by atoms with Gasteiger partial charge in [0, 0.05) is 12.8 Å². The molecule has 9 heteroatoms. The molecule has 0 bridgehead atoms. The Morgan fingerprint density at radius 1 is 1.36 bits per heavy atom. The van der Waals surface area contributed by atoms with Crippen molar-refractivity contribution in [3.8, 4) is 5.75 Å². The van der Waals surface area contributed by atoms with Crippen LogP contribution in [-0.4, -0.2) is 53.6 Å². The Balaban J connectivity index is 1.77. The Morgan fingerprint density at radius 3 is 2.76 bits per heavy atom. The Labute approximate surface area is 145 Å². The van der Waals surface area contributed by atoms with Gasteiger partial charge in [-0.3, -0.25) is 9.59 Å². The molecule has 3 rings (SSSR count). The monoisotopic (exact) mass is 365 g/mol. The van der Waals surface area contributed by atoms with Gasteiger partial charge in [0.2, 0.25) is 5.91 Å². The second kappa shape index (κ2) is 6.47. The molecule has 0 aliphatic carbocycles. The van der Waals surface area contributed by atoms with Gasteiger partial charge in [-0.25, -0.2) is 13.4 Å². The van der Waals surface area contributed by atoms with Crippen LogP contribution in [0.15, 0.2) is 23.3 Å². The molecule has 0 radical (unpaired) electrons. The third-order valence-electron chi connectivity index (χ3n) is 4.28. The van der Waals surface area contributed by atoms with Gasteiger partial charge in [-0.1, -0.05) is 6.07 Å². The summed E-state index contributed by atoms with van der Waals surface area (Å²) >= 11 is 0. The van der Waals surface area contributed by atoms with E-state index >= 15 is 0 Å². The number of benzene rings is 1. The number of sulfone groups is 1. The number of hydrogen-bond acceptors (Lipinski definition) is 6. The van der Waals surface area contributed by atoms with Gasteiger partial charge in [-0.15, -0.1) is 0 Å². The number of carbonyl (C=O) groups is 2. The number of phenols is 1. The smallest absolute Gasteiger partial charge is 0.271 e. The van der Waals surface area contributed by atoms with Gasteiger partial charge >= 0.3 is 0 Å². The van der Waals surface area contributed by atoms with Crippen molar-refractivity contribution in [1.29, 1.82) is 0 Å². The second-order valence-electron chi connectivity index (χ2n) is 6.32. The minimum Gasteiger partial charge on any atom is -0.506 e. The molecular weight excluding hydrogens is 346 g/mol. The maximum Gasteiger partial charge on any atom is 0.271 e. The van der Waals surface area contributed by atoms with Crippen LogP contribution in [0.1, 0.15) is 24.8 Å². The highest BCUT2D eigenvalue weighted by molar-refractivity contribution is 7.91. The molecule has 134 valence electrons. The maximum absolute atomic E-state index is 12.4. The van der Waals surface area contributed by atoms with Gasteiger partial charge in [-0.2, -0.15) is 5.10 Å². The van der Waals surface area contributed by atoms with Crippen molar-refractivity contribution in [2.75, 3.05) is 16.8 Å². The first-order valence-corrected chi connectivity index (χ1v) is 9.78. The molecule has 2 amide bonds. The van der Waals surface area contributed by atoms with Crippen LogP contribution in [0.25, 0.3) is 0 Å². The lowest BCUT2D eigenvalue weighted by atomic mass is 10.1. The fourth-order valence-electron chi connectivity index (χ4n) is 2.93. The van der Waals surface area contributed by atoms with Gasteiger partial charge in [0.25, 0.3) is 5.91 Å². The fourth-order valence-corrected chi connectivity index (χ4v) is 4.62. The normalized spacial score (nSPS) is 22.6. The average Bonchev–Trinajstić information content (AvgIpc) is 2.90. The molecule has 2 aliphatic rings. The number of aromatic hydroxyl groups is 1. The highest BCUT2D eigenvalue weighted by atomic mass is 32.2. The molecule has 8 nitrogen and oxygen atoms in total. The van der Waals surface area contributed by atoms with E-state index < -0.39 is 21.8 Å². The molecule has 0 spiro atoms. The van der Waals surface area contributed by atoms with E-state index in [2.05, 4.69) is 10.4 Å². The molecule has 1 unspecified atom stereocenters. The summed E-state index contributed by atoms with van der Waals surface area (Å²) in [6.45, 7) is 1.82. The van der Waals surface area contributed by atoms with E-state index in [1.165, 1.54) is 6.07 Å². The number of rotatable bonds is 3. The van der Waals surface area contributed by atoms with Crippen molar-refractivity contribution >= 4 is 33.1 Å². The van der Waals surface area contributed by atoms with Gasteiger partial charge in [-0.05, 0) is 31.0 Å². The number of hydrazone groups is 1. The Hall–Kier alpha value is -2.42. The Kier molecular flexibility index (Phi) is 4.51. The van der Waals surface area contributed by atoms with Crippen LogP contribution in [-0.2, 0) is 19.4 Å². The van der Waals surface area contributed by atoms with Crippen LogP contribution in [0.2, 0.25) is 0 Å². The van der Waals surface area contributed by atoms with E-state index in [0.29, 0.717) is 6.42 Å². The molecule has 1 fully saturated rings. The fraction of sp³-hybridized carbons (Fsp3) is 0.438. The summed E-state index contributed by atoms with van der Waals surface area (Å²) in [5.41, 5.74) is 1.25. The highest BCUT2D eigenvalue weighted by Gasteiger charge is 2.37. The molecule has 2 heterocycles. The van der Waals surface area contributed by atoms with E-state index in [9.17, 15) is 23.1 Å². The van der Waals surface area contributed by atoms with Gasteiger partial charge in [0.15, 0.2) is 9.84 Å². The Morgan fingerprint density at radius 2 is 2.12 bits per heavy atom. The number of anilines is 1.